The van der Waals surface area contributed by atoms with Crippen LogP contribution < -0.4 is 0 Å². The molecule has 1 aliphatic rings. The van der Waals surface area contributed by atoms with E-state index in [4.69, 9.17) is 0 Å². The number of halogens is 1. The number of alkyl halides is 1. The fraction of sp³-hybridized carbons (Fsp3) is 0.273. The summed E-state index contributed by atoms with van der Waals surface area (Å²) in [5.41, 5.74) is 0. The lowest BCUT2D eigenvalue weighted by atomic mass is 10.3. The Morgan fingerprint density at radius 3 is 2.36 bits per heavy atom. The van der Waals surface area contributed by atoms with E-state index in [9.17, 15) is 4.39 Å². The van der Waals surface area contributed by atoms with Crippen molar-refractivity contribution < 1.29 is 4.39 Å². The van der Waals surface area contributed by atoms with Gasteiger partial charge in [-0.05, 0) is 25.5 Å². The molecule has 0 bridgehead atoms. The van der Waals surface area contributed by atoms with Crippen LogP contribution in [-0.2, 0) is 0 Å². The van der Waals surface area contributed by atoms with Crippen molar-refractivity contribution in [2.45, 2.75) is 29.3 Å². The Labute approximate surface area is 92.0 Å². The van der Waals surface area contributed by atoms with Gasteiger partial charge in [0.05, 0.1) is 0 Å². The van der Waals surface area contributed by atoms with Gasteiger partial charge in [-0.2, -0.15) is 0 Å². The van der Waals surface area contributed by atoms with Gasteiger partial charge in [0.15, 0.2) is 0 Å². The highest BCUT2D eigenvalue weighted by atomic mass is 32.2. The maximum Gasteiger partial charge on any atom is 0.101 e. The first-order chi connectivity index (χ1) is 6.75. The van der Waals surface area contributed by atoms with Gasteiger partial charge < -0.3 is 0 Å². The number of benzene rings is 1. The van der Waals surface area contributed by atoms with Crippen molar-refractivity contribution >= 4 is 23.5 Å². The second-order valence-corrected chi connectivity index (χ2v) is 5.62. The minimum Gasteiger partial charge on any atom is -0.247 e. The molecule has 0 radical (unpaired) electrons. The van der Waals surface area contributed by atoms with Gasteiger partial charge >= 0.3 is 0 Å². The van der Waals surface area contributed by atoms with Crippen LogP contribution >= 0.6 is 23.5 Å². The van der Waals surface area contributed by atoms with E-state index in [2.05, 4.69) is 12.1 Å². The quantitative estimate of drug-likeness (QED) is 0.729. The lowest BCUT2D eigenvalue weighted by molar-refractivity contribution is 0.365. The summed E-state index contributed by atoms with van der Waals surface area (Å²) in [6.07, 6.45) is 1.76. The molecule has 1 aliphatic heterocycles. The van der Waals surface area contributed by atoms with Crippen LogP contribution in [0.3, 0.4) is 0 Å². The van der Waals surface area contributed by atoms with Crippen LogP contribution in [0.5, 0.6) is 0 Å². The monoisotopic (exact) mass is 226 g/mol. The zero-order valence-corrected chi connectivity index (χ0v) is 9.50. The first-order valence-electron chi connectivity index (χ1n) is 4.54. The Hall–Kier alpha value is -0.410. The number of hydrogen-bond donors (Lipinski definition) is 0. The molecular weight excluding hydrogens is 215 g/mol. The van der Waals surface area contributed by atoms with Crippen LogP contribution in [0.2, 0.25) is 0 Å². The molecule has 0 saturated carbocycles. The summed E-state index contributed by atoms with van der Waals surface area (Å²) in [6.45, 7) is 1.59. The molecule has 74 valence electrons. The Balaban J connectivity index is 2.08. The molecule has 2 rings (SSSR count). The number of hydrogen-bond acceptors (Lipinski definition) is 2. The van der Waals surface area contributed by atoms with E-state index in [1.54, 1.807) is 30.4 Å². The number of allylic oxidation sites excluding steroid dienone is 1. The second-order valence-electron chi connectivity index (χ2n) is 3.19. The minimum absolute atomic E-state index is 0.517. The molecule has 0 aliphatic carbocycles. The van der Waals surface area contributed by atoms with E-state index in [-0.39, 0.29) is 0 Å². The molecule has 14 heavy (non-hydrogen) atoms. The van der Waals surface area contributed by atoms with Gasteiger partial charge in [0.2, 0.25) is 0 Å². The number of thioether (sulfide) groups is 2. The highest BCUT2D eigenvalue weighted by Gasteiger charge is 2.16. The van der Waals surface area contributed by atoms with Crippen molar-refractivity contribution in [2.24, 2.45) is 0 Å². The van der Waals surface area contributed by atoms with Gasteiger partial charge in [-0.15, -0.1) is 0 Å². The van der Waals surface area contributed by atoms with E-state index in [1.165, 1.54) is 14.0 Å². The van der Waals surface area contributed by atoms with Crippen LogP contribution in [0.4, 0.5) is 4.39 Å². The highest BCUT2D eigenvalue weighted by Crippen LogP contribution is 2.50. The SMILES string of the molecule is CC(F)CC=C1Sc2ccccc2S1. The molecule has 1 atom stereocenters. The average molecular weight is 226 g/mol. The zero-order valence-electron chi connectivity index (χ0n) is 7.87. The summed E-state index contributed by atoms with van der Waals surface area (Å²) in [7, 11) is 0. The van der Waals surface area contributed by atoms with Crippen LogP contribution in [0.1, 0.15) is 13.3 Å². The molecule has 0 spiro atoms. The zero-order chi connectivity index (χ0) is 9.97. The van der Waals surface area contributed by atoms with Crippen molar-refractivity contribution in [1.82, 2.24) is 0 Å². The van der Waals surface area contributed by atoms with Crippen molar-refractivity contribution in [1.29, 1.82) is 0 Å². The maximum absolute atomic E-state index is 12.6. The predicted octanol–water partition coefficient (Wildman–Crippen LogP) is 4.47. The van der Waals surface area contributed by atoms with Crippen molar-refractivity contribution in [2.75, 3.05) is 0 Å². The first kappa shape index (κ1) is 10.1. The molecule has 0 nitrogen and oxygen atoms in total. The van der Waals surface area contributed by atoms with Crippen LogP contribution in [0, 0.1) is 0 Å². The van der Waals surface area contributed by atoms with E-state index < -0.39 is 6.17 Å². The molecular formula is C11H11FS2. The molecule has 1 aromatic rings. The van der Waals surface area contributed by atoms with Crippen LogP contribution in [0.25, 0.3) is 0 Å². The predicted molar refractivity (Wildman–Crippen MR) is 61.4 cm³/mol. The normalized spacial score (nSPS) is 16.6. The fourth-order valence-corrected chi connectivity index (χ4v) is 3.58. The summed E-state index contributed by atoms with van der Waals surface area (Å²) in [5, 5.41) is 0. The van der Waals surface area contributed by atoms with Crippen LogP contribution in [0.15, 0.2) is 44.4 Å². The van der Waals surface area contributed by atoms with E-state index in [0.717, 1.165) is 0 Å². The summed E-state index contributed by atoms with van der Waals surface area (Å²) < 4.78 is 13.8. The largest absolute Gasteiger partial charge is 0.247 e. The van der Waals surface area contributed by atoms with Crippen molar-refractivity contribution in [3.63, 3.8) is 0 Å². The Bertz CT molecular complexity index is 331. The van der Waals surface area contributed by atoms with Crippen molar-refractivity contribution in [3.05, 3.63) is 34.6 Å². The van der Waals surface area contributed by atoms with Crippen molar-refractivity contribution in [3.8, 4) is 0 Å². The average Bonchev–Trinajstić information content (AvgIpc) is 2.57. The molecule has 3 heteroatoms. The minimum atomic E-state index is -0.743. The van der Waals surface area contributed by atoms with Gasteiger partial charge in [-0.25, -0.2) is 4.39 Å². The summed E-state index contributed by atoms with van der Waals surface area (Å²) in [4.78, 5) is 2.57. The lowest BCUT2D eigenvalue weighted by Crippen LogP contribution is -1.87. The fourth-order valence-electron chi connectivity index (χ4n) is 1.20. The maximum atomic E-state index is 12.6. The first-order valence-corrected chi connectivity index (χ1v) is 6.18. The van der Waals surface area contributed by atoms with E-state index in [1.807, 2.05) is 18.2 Å². The molecule has 0 amide bonds. The van der Waals surface area contributed by atoms with Gasteiger partial charge in [-0.3, -0.25) is 0 Å². The molecule has 1 heterocycles. The molecule has 1 aromatic carbocycles. The summed E-state index contributed by atoms with van der Waals surface area (Å²) >= 11 is 3.47. The highest BCUT2D eigenvalue weighted by molar-refractivity contribution is 8.24. The molecule has 0 saturated heterocycles. The van der Waals surface area contributed by atoms with Gasteiger partial charge in [0.1, 0.15) is 6.17 Å². The standard InChI is InChI=1S/C11H11FS2/c1-8(12)6-7-11-13-9-4-2-3-5-10(9)14-11/h2-5,7-8H,6H2,1H3. The lowest BCUT2D eigenvalue weighted by Gasteiger charge is -1.96. The van der Waals surface area contributed by atoms with E-state index >= 15 is 0 Å². The number of fused-ring (bicyclic) bond motifs is 1. The molecule has 0 fully saturated rings. The second kappa shape index (κ2) is 4.41. The summed E-state index contributed by atoms with van der Waals surface area (Å²) in [5.74, 6) is 0. The molecule has 1 unspecified atom stereocenters. The third kappa shape index (κ3) is 2.34. The Kier molecular flexibility index (Phi) is 3.19. The van der Waals surface area contributed by atoms with Gasteiger partial charge in [-0.1, -0.05) is 41.7 Å². The molecule has 0 aromatic heterocycles. The summed E-state index contributed by atoms with van der Waals surface area (Å²) in [6, 6.07) is 8.28. The topological polar surface area (TPSA) is 0 Å². The third-order valence-corrected chi connectivity index (χ3v) is 4.40. The smallest absolute Gasteiger partial charge is 0.101 e. The van der Waals surface area contributed by atoms with Gasteiger partial charge in [0.25, 0.3) is 0 Å². The Morgan fingerprint density at radius 2 is 1.86 bits per heavy atom. The Morgan fingerprint density at radius 1 is 1.29 bits per heavy atom. The van der Waals surface area contributed by atoms with E-state index in [0.29, 0.717) is 6.42 Å². The van der Waals surface area contributed by atoms with Crippen LogP contribution in [-0.4, -0.2) is 6.17 Å². The molecule has 0 N–H and O–H groups in total. The van der Waals surface area contributed by atoms with Gasteiger partial charge in [0, 0.05) is 14.0 Å². The third-order valence-electron chi connectivity index (χ3n) is 1.88. The number of rotatable bonds is 2.